The quantitative estimate of drug-likeness (QED) is 0.516. The molecule has 2 rings (SSSR count). The van der Waals surface area contributed by atoms with Crippen molar-refractivity contribution in [2.45, 2.75) is 6.92 Å². The number of carbonyl (C=O) groups is 1. The van der Waals surface area contributed by atoms with E-state index in [1.807, 2.05) is 0 Å². The van der Waals surface area contributed by atoms with Gasteiger partial charge in [-0.25, -0.2) is 4.98 Å². The summed E-state index contributed by atoms with van der Waals surface area (Å²) in [4.78, 5) is 27.1. The Bertz CT molecular complexity index is 763. The molecule has 0 saturated heterocycles. The van der Waals surface area contributed by atoms with E-state index in [-0.39, 0.29) is 17.9 Å². The van der Waals surface area contributed by atoms with Gasteiger partial charge in [0.2, 0.25) is 0 Å². The van der Waals surface area contributed by atoms with Gasteiger partial charge in [-0.05, 0) is 13.0 Å². The highest BCUT2D eigenvalue weighted by Crippen LogP contribution is 2.35. The smallest absolute Gasteiger partial charge is 0.323 e. The van der Waals surface area contributed by atoms with Crippen LogP contribution < -0.4 is 4.90 Å². The highest BCUT2D eigenvalue weighted by molar-refractivity contribution is 7.18. The largest absolute Gasteiger partial charge is 0.480 e. The van der Waals surface area contributed by atoms with Crippen LogP contribution in [0, 0.1) is 29.4 Å². The lowest BCUT2D eigenvalue weighted by Gasteiger charge is -2.19. The van der Waals surface area contributed by atoms with Crippen LogP contribution in [0.4, 0.5) is 11.4 Å². The summed E-state index contributed by atoms with van der Waals surface area (Å²) in [6.45, 7) is 1.34. The Morgan fingerprint density at radius 1 is 1.62 bits per heavy atom. The average Bonchev–Trinajstić information content (AvgIpc) is 2.75. The summed E-state index contributed by atoms with van der Waals surface area (Å²) in [5, 5.41) is 20.9. The van der Waals surface area contributed by atoms with Gasteiger partial charge in [-0.1, -0.05) is 5.92 Å². The van der Waals surface area contributed by atoms with E-state index >= 15 is 0 Å². The van der Waals surface area contributed by atoms with E-state index in [0.29, 0.717) is 10.2 Å². The molecule has 21 heavy (non-hydrogen) atoms. The molecule has 0 spiro atoms. The number of nitrogens with zero attached hydrogens (tertiary/aromatic N) is 3. The summed E-state index contributed by atoms with van der Waals surface area (Å²) in [5.74, 6) is 1.20. The number of terminal acetylenes is 1. The van der Waals surface area contributed by atoms with Crippen molar-refractivity contribution < 1.29 is 14.8 Å². The van der Waals surface area contributed by atoms with Gasteiger partial charge >= 0.3 is 5.97 Å². The molecule has 108 valence electrons. The van der Waals surface area contributed by atoms with Gasteiger partial charge in [0, 0.05) is 6.07 Å². The number of aromatic nitrogens is 1. The minimum absolute atomic E-state index is 0.0399. The van der Waals surface area contributed by atoms with Crippen LogP contribution >= 0.6 is 11.3 Å². The van der Waals surface area contributed by atoms with Crippen LogP contribution in [0.3, 0.4) is 0 Å². The minimum Gasteiger partial charge on any atom is -0.480 e. The number of hydrogen-bond donors (Lipinski definition) is 1. The molecule has 0 aliphatic carbocycles. The number of fused-ring (bicyclic) bond motifs is 1. The van der Waals surface area contributed by atoms with Crippen LogP contribution in [0.5, 0.6) is 0 Å². The number of carboxylic acids is 1. The maximum Gasteiger partial charge on any atom is 0.323 e. The zero-order valence-corrected chi connectivity index (χ0v) is 11.9. The van der Waals surface area contributed by atoms with Gasteiger partial charge in [-0.15, -0.1) is 17.8 Å². The molecule has 0 atom stereocenters. The van der Waals surface area contributed by atoms with Gasteiger partial charge in [0.1, 0.15) is 12.2 Å². The number of carboxylic acid groups (broad SMARTS) is 1. The third-order valence-corrected chi connectivity index (χ3v) is 3.67. The highest BCUT2D eigenvalue weighted by atomic mass is 32.1. The number of thiazole rings is 1. The number of nitro groups is 1. The second kappa shape index (κ2) is 5.76. The van der Waals surface area contributed by atoms with Crippen molar-refractivity contribution in [3.05, 3.63) is 27.3 Å². The predicted molar refractivity (Wildman–Crippen MR) is 79.7 cm³/mol. The van der Waals surface area contributed by atoms with E-state index < -0.39 is 17.4 Å². The summed E-state index contributed by atoms with van der Waals surface area (Å²) in [6.07, 6.45) is 5.22. The Hall–Kier alpha value is -2.66. The number of anilines is 1. The zero-order valence-electron chi connectivity index (χ0n) is 11.1. The molecule has 0 saturated carbocycles. The number of rotatable bonds is 5. The third-order valence-electron chi connectivity index (χ3n) is 2.74. The Balaban J connectivity index is 2.62. The first kappa shape index (κ1) is 14.7. The molecule has 2 aromatic rings. The summed E-state index contributed by atoms with van der Waals surface area (Å²) in [5.41, 5.74) is 0.575. The normalized spacial score (nSPS) is 10.3. The lowest BCUT2D eigenvalue weighted by molar-refractivity contribution is -0.384. The van der Waals surface area contributed by atoms with Crippen LogP contribution in [0.2, 0.25) is 0 Å². The Morgan fingerprint density at radius 3 is 2.90 bits per heavy atom. The molecule has 0 amide bonds. The molecule has 0 fully saturated rings. The van der Waals surface area contributed by atoms with E-state index in [0.717, 1.165) is 5.01 Å². The van der Waals surface area contributed by atoms with Crippen LogP contribution in [-0.4, -0.2) is 34.1 Å². The molecule has 0 bridgehead atoms. The first-order chi connectivity index (χ1) is 9.92. The van der Waals surface area contributed by atoms with Crippen LogP contribution in [-0.2, 0) is 4.79 Å². The monoisotopic (exact) mass is 305 g/mol. The third kappa shape index (κ3) is 3.09. The molecule has 1 N–H and O–H groups in total. The van der Waals surface area contributed by atoms with E-state index in [2.05, 4.69) is 10.9 Å². The lowest BCUT2D eigenvalue weighted by Crippen LogP contribution is -2.30. The molecule has 8 heteroatoms. The molecule has 1 heterocycles. The molecular weight excluding hydrogens is 294 g/mol. The number of benzene rings is 1. The molecule has 0 unspecified atom stereocenters. The first-order valence-corrected chi connectivity index (χ1v) is 6.69. The van der Waals surface area contributed by atoms with E-state index in [1.54, 1.807) is 6.92 Å². The second-order valence-electron chi connectivity index (χ2n) is 4.25. The van der Waals surface area contributed by atoms with Crippen LogP contribution in [0.1, 0.15) is 5.01 Å². The molecule has 7 nitrogen and oxygen atoms in total. The number of aryl methyl sites for hydroxylation is 1. The zero-order chi connectivity index (χ0) is 15.6. The van der Waals surface area contributed by atoms with Gasteiger partial charge in [0.05, 0.1) is 26.7 Å². The summed E-state index contributed by atoms with van der Waals surface area (Å²) < 4.78 is 0.680. The highest BCUT2D eigenvalue weighted by Gasteiger charge is 2.23. The van der Waals surface area contributed by atoms with Gasteiger partial charge in [0.25, 0.3) is 5.69 Å². The van der Waals surface area contributed by atoms with Crippen molar-refractivity contribution in [2.24, 2.45) is 0 Å². The van der Waals surface area contributed by atoms with Crippen molar-refractivity contribution in [2.75, 3.05) is 18.0 Å². The predicted octanol–water partition coefficient (Wildman–Crippen LogP) is 2.04. The fraction of sp³-hybridized carbons (Fsp3) is 0.231. The van der Waals surface area contributed by atoms with E-state index in [1.165, 1.54) is 28.4 Å². The fourth-order valence-electron chi connectivity index (χ4n) is 1.97. The molecule has 0 radical (unpaired) electrons. The van der Waals surface area contributed by atoms with Crippen molar-refractivity contribution in [1.29, 1.82) is 0 Å². The first-order valence-electron chi connectivity index (χ1n) is 5.88. The van der Waals surface area contributed by atoms with Gasteiger partial charge in [-0.2, -0.15) is 0 Å². The minimum atomic E-state index is -1.12. The Morgan fingerprint density at radius 2 is 2.33 bits per heavy atom. The summed E-state index contributed by atoms with van der Waals surface area (Å²) in [7, 11) is 0. The van der Waals surface area contributed by atoms with Crippen molar-refractivity contribution in [1.82, 2.24) is 4.98 Å². The van der Waals surface area contributed by atoms with E-state index in [4.69, 9.17) is 11.5 Å². The molecule has 0 aliphatic heterocycles. The van der Waals surface area contributed by atoms with Gasteiger partial charge < -0.3 is 10.0 Å². The number of nitro benzene ring substituents is 1. The fourth-order valence-corrected chi connectivity index (χ4v) is 2.81. The summed E-state index contributed by atoms with van der Waals surface area (Å²) >= 11 is 1.34. The standard InChI is InChI=1S/C13H11N3O4S/c1-3-4-15(7-13(17)18)10-5-9-12(21-8(2)14-9)6-11(10)16(19)20/h1,5-6H,4,7H2,2H3,(H,17,18). The van der Waals surface area contributed by atoms with Crippen molar-refractivity contribution in [3.8, 4) is 12.3 Å². The second-order valence-corrected chi connectivity index (χ2v) is 5.49. The SMILES string of the molecule is C#CCN(CC(=O)O)c1cc2nc(C)sc2cc1[N+](=O)[O-]. The number of hydrogen-bond acceptors (Lipinski definition) is 6. The van der Waals surface area contributed by atoms with Gasteiger partial charge in [-0.3, -0.25) is 14.9 Å². The van der Waals surface area contributed by atoms with Crippen molar-refractivity contribution >= 4 is 38.9 Å². The maximum absolute atomic E-state index is 11.2. The van der Waals surface area contributed by atoms with Crippen LogP contribution in [0.25, 0.3) is 10.2 Å². The summed E-state index contributed by atoms with van der Waals surface area (Å²) in [6, 6.07) is 2.91. The molecular formula is C13H11N3O4S. The maximum atomic E-state index is 11.2. The molecule has 1 aromatic heterocycles. The average molecular weight is 305 g/mol. The molecule has 0 aliphatic rings. The van der Waals surface area contributed by atoms with Gasteiger partial charge in [0.15, 0.2) is 0 Å². The lowest BCUT2D eigenvalue weighted by atomic mass is 10.2. The van der Waals surface area contributed by atoms with E-state index in [9.17, 15) is 14.9 Å². The Labute approximate surface area is 124 Å². The molecule has 1 aromatic carbocycles. The van der Waals surface area contributed by atoms with Crippen LogP contribution in [0.15, 0.2) is 12.1 Å². The Kier molecular flexibility index (Phi) is 4.05. The number of aliphatic carboxylic acids is 1. The topological polar surface area (TPSA) is 96.6 Å². The van der Waals surface area contributed by atoms with Crippen molar-refractivity contribution in [3.63, 3.8) is 0 Å².